The minimum Gasteiger partial charge on any atom is -0.496 e. The van der Waals surface area contributed by atoms with Gasteiger partial charge < -0.3 is 14.6 Å². The molecule has 3 aromatic rings. The number of carbonyl (C=O) groups excluding carboxylic acids is 1. The van der Waals surface area contributed by atoms with Gasteiger partial charge in [0, 0.05) is 25.0 Å². The highest BCUT2D eigenvalue weighted by molar-refractivity contribution is 7.89. The van der Waals surface area contributed by atoms with Crippen molar-refractivity contribution in [2.24, 2.45) is 7.05 Å². The number of methoxy groups -OCH3 is 1. The summed E-state index contributed by atoms with van der Waals surface area (Å²) in [6.07, 6.45) is 3.32. The lowest BCUT2D eigenvalue weighted by atomic mass is 10.0. The monoisotopic (exact) mass is 446 g/mol. The summed E-state index contributed by atoms with van der Waals surface area (Å²) < 4.78 is 48.4. The van der Waals surface area contributed by atoms with Crippen LogP contribution in [0.5, 0.6) is 5.75 Å². The van der Waals surface area contributed by atoms with Crippen LogP contribution in [0.2, 0.25) is 0 Å². The van der Waals surface area contributed by atoms with E-state index in [0.717, 1.165) is 12.1 Å². The molecule has 2 atom stereocenters. The average Bonchev–Trinajstić information content (AvgIpc) is 3.17. The summed E-state index contributed by atoms with van der Waals surface area (Å²) in [5.74, 6) is -0.446. The number of carbonyl (C=O) groups is 1. The first-order valence-electron chi connectivity index (χ1n) is 9.42. The number of hydrogen-bond donors (Lipinski definition) is 2. The fraction of sp³-hybridized carbons (Fsp3) is 0.238. The smallest absolute Gasteiger partial charge is 0.244 e. The summed E-state index contributed by atoms with van der Waals surface area (Å²) in [4.78, 5) is 16.7. The largest absolute Gasteiger partial charge is 0.496 e. The Morgan fingerprint density at radius 3 is 2.48 bits per heavy atom. The van der Waals surface area contributed by atoms with Crippen LogP contribution in [-0.4, -0.2) is 37.0 Å². The molecule has 1 amide bonds. The van der Waals surface area contributed by atoms with Crippen molar-refractivity contribution in [1.29, 1.82) is 0 Å². The van der Waals surface area contributed by atoms with E-state index in [1.54, 1.807) is 48.3 Å². The average molecular weight is 447 g/mol. The number of aromatic nitrogens is 2. The number of para-hydroxylation sites is 1. The molecule has 0 saturated heterocycles. The summed E-state index contributed by atoms with van der Waals surface area (Å²) in [6.45, 7) is 1.38. The van der Waals surface area contributed by atoms with Crippen molar-refractivity contribution < 1.29 is 22.3 Å². The highest BCUT2D eigenvalue weighted by Crippen LogP contribution is 2.29. The lowest BCUT2D eigenvalue weighted by Crippen LogP contribution is -2.46. The van der Waals surface area contributed by atoms with Crippen molar-refractivity contribution in [3.8, 4) is 5.75 Å². The van der Waals surface area contributed by atoms with Gasteiger partial charge >= 0.3 is 0 Å². The van der Waals surface area contributed by atoms with Crippen LogP contribution in [0.4, 0.5) is 4.39 Å². The number of aryl methyl sites for hydroxylation is 1. The number of halogens is 1. The molecule has 0 fully saturated rings. The van der Waals surface area contributed by atoms with E-state index in [2.05, 4.69) is 15.0 Å². The van der Waals surface area contributed by atoms with Gasteiger partial charge in [-0.15, -0.1) is 0 Å². The van der Waals surface area contributed by atoms with E-state index in [-0.39, 0.29) is 0 Å². The molecule has 164 valence electrons. The first kappa shape index (κ1) is 22.4. The zero-order valence-corrected chi connectivity index (χ0v) is 18.1. The number of sulfonamides is 1. The van der Waals surface area contributed by atoms with Crippen LogP contribution in [0.1, 0.15) is 24.4 Å². The van der Waals surface area contributed by atoms with Crippen LogP contribution in [0.3, 0.4) is 0 Å². The third kappa shape index (κ3) is 4.92. The predicted octanol–water partition coefficient (Wildman–Crippen LogP) is 2.14. The number of nitrogens with one attached hydrogen (secondary N) is 2. The Labute approximate surface area is 180 Å². The fourth-order valence-corrected chi connectivity index (χ4v) is 4.40. The van der Waals surface area contributed by atoms with E-state index < -0.39 is 38.7 Å². The molecule has 0 unspecified atom stereocenters. The molecule has 10 heteroatoms. The van der Waals surface area contributed by atoms with Gasteiger partial charge in [-0.1, -0.05) is 30.3 Å². The van der Waals surface area contributed by atoms with Gasteiger partial charge in [-0.25, -0.2) is 17.8 Å². The summed E-state index contributed by atoms with van der Waals surface area (Å²) >= 11 is 0. The maximum atomic E-state index is 13.9. The van der Waals surface area contributed by atoms with Gasteiger partial charge in [-0.05, 0) is 25.1 Å². The van der Waals surface area contributed by atoms with E-state index in [0.29, 0.717) is 17.1 Å². The highest BCUT2D eigenvalue weighted by atomic mass is 32.2. The van der Waals surface area contributed by atoms with Crippen molar-refractivity contribution in [1.82, 2.24) is 19.6 Å². The number of benzene rings is 2. The summed E-state index contributed by atoms with van der Waals surface area (Å²) in [7, 11) is -0.948. The van der Waals surface area contributed by atoms with E-state index in [1.165, 1.54) is 26.2 Å². The van der Waals surface area contributed by atoms with E-state index in [1.807, 2.05) is 0 Å². The molecule has 1 heterocycles. The second-order valence-corrected chi connectivity index (χ2v) is 8.54. The van der Waals surface area contributed by atoms with Crippen LogP contribution in [0.25, 0.3) is 0 Å². The van der Waals surface area contributed by atoms with Crippen molar-refractivity contribution in [3.05, 3.63) is 78.1 Å². The summed E-state index contributed by atoms with van der Waals surface area (Å²) in [6, 6.07) is 10.2. The molecule has 0 aliphatic carbocycles. The normalized spacial score (nSPS) is 13.4. The Hall–Kier alpha value is -3.24. The van der Waals surface area contributed by atoms with Gasteiger partial charge in [0.2, 0.25) is 15.9 Å². The second-order valence-electron chi connectivity index (χ2n) is 6.85. The molecule has 31 heavy (non-hydrogen) atoms. The number of amides is 1. The lowest BCUT2D eigenvalue weighted by molar-refractivity contribution is -0.122. The van der Waals surface area contributed by atoms with Crippen LogP contribution < -0.4 is 14.8 Å². The zero-order valence-electron chi connectivity index (χ0n) is 17.2. The molecule has 0 aliphatic heterocycles. The van der Waals surface area contributed by atoms with E-state index in [9.17, 15) is 17.6 Å². The fourth-order valence-electron chi connectivity index (χ4n) is 3.12. The number of rotatable bonds is 8. The molecule has 2 aromatic carbocycles. The van der Waals surface area contributed by atoms with Crippen molar-refractivity contribution in [2.75, 3.05) is 7.11 Å². The van der Waals surface area contributed by atoms with Gasteiger partial charge in [-0.2, -0.15) is 4.72 Å². The number of nitrogens with zero attached hydrogens (tertiary/aromatic N) is 2. The van der Waals surface area contributed by atoms with Crippen molar-refractivity contribution in [3.63, 3.8) is 0 Å². The molecule has 0 bridgehead atoms. The van der Waals surface area contributed by atoms with Crippen LogP contribution in [0, 0.1) is 5.82 Å². The predicted molar refractivity (Wildman–Crippen MR) is 112 cm³/mol. The summed E-state index contributed by atoms with van der Waals surface area (Å²) in [5, 5.41) is 2.82. The molecule has 1 aromatic heterocycles. The number of hydrogen-bond acceptors (Lipinski definition) is 5. The zero-order chi connectivity index (χ0) is 22.6. The van der Waals surface area contributed by atoms with Crippen LogP contribution in [-0.2, 0) is 21.9 Å². The number of ether oxygens (including phenoxy) is 1. The lowest BCUT2D eigenvalue weighted by Gasteiger charge is -2.23. The molecule has 0 spiro atoms. The second kappa shape index (κ2) is 9.27. The summed E-state index contributed by atoms with van der Waals surface area (Å²) in [5.41, 5.74) is 0.650. The number of imidazole rings is 1. The standard InChI is InChI=1S/C21H23FN4O4S/c1-14(25-31(28,29)18-11-7-5-9-16(18)22)21(27)24-19(20-23-12-13-26(20)2)15-8-4-6-10-17(15)30-3/h4-14,19,25H,1-3H3,(H,24,27)/t14-,19+/m0/s1. The molecule has 2 N–H and O–H groups in total. The SMILES string of the molecule is COc1ccccc1[C@@H](NC(=O)[C@H](C)NS(=O)(=O)c1ccccc1F)c1nccn1C. The maximum Gasteiger partial charge on any atom is 0.244 e. The van der Waals surface area contributed by atoms with Crippen molar-refractivity contribution >= 4 is 15.9 Å². The third-order valence-corrected chi connectivity index (χ3v) is 6.28. The highest BCUT2D eigenvalue weighted by Gasteiger charge is 2.29. The van der Waals surface area contributed by atoms with Crippen molar-refractivity contribution in [2.45, 2.75) is 23.9 Å². The minimum atomic E-state index is -4.24. The first-order valence-corrected chi connectivity index (χ1v) is 10.9. The van der Waals surface area contributed by atoms with E-state index >= 15 is 0 Å². The molecule has 3 rings (SSSR count). The van der Waals surface area contributed by atoms with Crippen LogP contribution >= 0.6 is 0 Å². The Morgan fingerprint density at radius 1 is 1.16 bits per heavy atom. The molecular formula is C21H23FN4O4S. The van der Waals surface area contributed by atoms with E-state index in [4.69, 9.17) is 4.74 Å². The van der Waals surface area contributed by atoms with Gasteiger partial charge in [0.05, 0.1) is 13.2 Å². The van der Waals surface area contributed by atoms with Gasteiger partial charge in [0.1, 0.15) is 28.3 Å². The Kier molecular flexibility index (Phi) is 6.71. The van der Waals surface area contributed by atoms with Gasteiger partial charge in [-0.3, -0.25) is 4.79 Å². The first-order chi connectivity index (χ1) is 14.7. The molecule has 0 radical (unpaired) electrons. The van der Waals surface area contributed by atoms with Gasteiger partial charge in [0.15, 0.2) is 0 Å². The topological polar surface area (TPSA) is 102 Å². The van der Waals surface area contributed by atoms with Gasteiger partial charge in [0.25, 0.3) is 0 Å². The Morgan fingerprint density at radius 2 is 1.84 bits per heavy atom. The molecule has 0 aliphatic rings. The minimum absolute atomic E-state index is 0.528. The molecule has 0 saturated carbocycles. The quantitative estimate of drug-likeness (QED) is 0.552. The van der Waals surface area contributed by atoms with Crippen LogP contribution in [0.15, 0.2) is 65.8 Å². The maximum absolute atomic E-state index is 13.9. The molecule has 8 nitrogen and oxygen atoms in total. The third-order valence-electron chi connectivity index (χ3n) is 4.70. The Bertz CT molecular complexity index is 1180. The Balaban J connectivity index is 1.87. The molecular weight excluding hydrogens is 423 g/mol.